The van der Waals surface area contributed by atoms with Crippen LogP contribution in [0.1, 0.15) is 50.5 Å². The fourth-order valence-corrected chi connectivity index (χ4v) is 6.85. The summed E-state index contributed by atoms with van der Waals surface area (Å²) < 4.78 is 28.3. The van der Waals surface area contributed by atoms with Crippen molar-refractivity contribution in [3.63, 3.8) is 0 Å². The minimum Gasteiger partial charge on any atom is -0.395 e. The van der Waals surface area contributed by atoms with Crippen molar-refractivity contribution in [3.8, 4) is 11.1 Å². The fraction of sp³-hybridized carbons (Fsp3) is 0.407. The second-order valence-corrected chi connectivity index (χ2v) is 11.4. The summed E-state index contributed by atoms with van der Waals surface area (Å²) in [4.78, 5) is 7.35. The topological polar surface area (TPSA) is 104 Å². The van der Waals surface area contributed by atoms with Gasteiger partial charge in [-0.25, -0.2) is 17.4 Å². The van der Waals surface area contributed by atoms with Gasteiger partial charge in [0, 0.05) is 47.7 Å². The first-order chi connectivity index (χ1) is 17.5. The maximum absolute atomic E-state index is 13.5. The van der Waals surface area contributed by atoms with Crippen LogP contribution in [0.15, 0.2) is 66.1 Å². The lowest BCUT2D eigenvalue weighted by molar-refractivity contribution is 0.119. The van der Waals surface area contributed by atoms with E-state index in [1.165, 1.54) is 3.97 Å². The molecule has 3 aromatic heterocycles. The summed E-state index contributed by atoms with van der Waals surface area (Å²) in [5.41, 5.74) is 3.18. The van der Waals surface area contributed by atoms with Gasteiger partial charge in [-0.15, -0.1) is 0 Å². The Bertz CT molecular complexity index is 1390. The van der Waals surface area contributed by atoms with Crippen molar-refractivity contribution in [1.29, 1.82) is 0 Å². The van der Waals surface area contributed by atoms with Gasteiger partial charge < -0.3 is 5.11 Å². The van der Waals surface area contributed by atoms with E-state index in [-0.39, 0.29) is 11.5 Å². The van der Waals surface area contributed by atoms with Gasteiger partial charge in [0.1, 0.15) is 0 Å². The third-order valence-corrected chi connectivity index (χ3v) is 8.99. The van der Waals surface area contributed by atoms with E-state index < -0.39 is 10.0 Å². The largest absolute Gasteiger partial charge is 0.395 e. The second kappa shape index (κ2) is 10.5. The Labute approximate surface area is 212 Å². The number of aliphatic hydroxyl groups excluding tert-OH is 1. The van der Waals surface area contributed by atoms with Crippen LogP contribution in [0.5, 0.6) is 0 Å². The van der Waals surface area contributed by atoms with Crippen molar-refractivity contribution in [3.05, 3.63) is 66.7 Å². The summed E-state index contributed by atoms with van der Waals surface area (Å²) in [6, 6.07) is 11.1. The van der Waals surface area contributed by atoms with Crippen LogP contribution in [-0.2, 0) is 10.0 Å². The normalized spacial score (nSPS) is 18.8. The van der Waals surface area contributed by atoms with Gasteiger partial charge in [-0.3, -0.25) is 10.00 Å². The zero-order valence-electron chi connectivity index (χ0n) is 20.5. The minimum atomic E-state index is -3.80. The highest BCUT2D eigenvalue weighted by Gasteiger charge is 2.28. The number of fused-ring (bicyclic) bond motifs is 1. The molecule has 1 fully saturated rings. The van der Waals surface area contributed by atoms with E-state index in [0.29, 0.717) is 17.6 Å². The van der Waals surface area contributed by atoms with Crippen molar-refractivity contribution < 1.29 is 13.5 Å². The van der Waals surface area contributed by atoms with Gasteiger partial charge in [0.2, 0.25) is 0 Å². The highest BCUT2D eigenvalue weighted by atomic mass is 32.2. The first-order valence-corrected chi connectivity index (χ1v) is 14.1. The average Bonchev–Trinajstić information content (AvgIpc) is 3.57. The number of nitrogens with zero attached hydrogens (tertiary/aromatic N) is 4. The predicted molar refractivity (Wildman–Crippen MR) is 140 cm³/mol. The number of hydrogen-bond acceptors (Lipinski definition) is 6. The molecule has 0 unspecified atom stereocenters. The molecule has 1 saturated carbocycles. The summed E-state index contributed by atoms with van der Waals surface area (Å²) in [7, 11) is -3.80. The SMILES string of the molecule is CCCN(CCO)C1CCC(c2cnc3c(c2)c(-c2cn[nH]c2)cn3S(=O)(=O)c2ccccc2)CC1. The predicted octanol–water partition coefficient (Wildman–Crippen LogP) is 4.39. The van der Waals surface area contributed by atoms with Crippen molar-refractivity contribution in [2.75, 3.05) is 19.7 Å². The number of H-pyrrole nitrogens is 1. The standard InChI is InChI=1S/C27H33N5O3S/c1-2-12-31(13-14-33)23-10-8-20(9-11-23)21-15-25-26(22-17-29-30-18-22)19-32(27(25)28-16-21)36(34,35)24-6-4-3-5-7-24/h3-7,15-20,23,33H,2,8-14H2,1H3,(H,29,30). The molecule has 0 amide bonds. The highest BCUT2D eigenvalue weighted by molar-refractivity contribution is 7.90. The molecule has 0 radical (unpaired) electrons. The Morgan fingerprint density at radius 3 is 2.56 bits per heavy atom. The molecular weight excluding hydrogens is 474 g/mol. The van der Waals surface area contributed by atoms with Gasteiger partial charge in [-0.1, -0.05) is 25.1 Å². The van der Waals surface area contributed by atoms with Crippen molar-refractivity contribution in [2.45, 2.75) is 55.9 Å². The van der Waals surface area contributed by atoms with E-state index in [9.17, 15) is 13.5 Å². The molecule has 0 atom stereocenters. The van der Waals surface area contributed by atoms with Gasteiger partial charge in [0.25, 0.3) is 10.0 Å². The maximum Gasteiger partial charge on any atom is 0.269 e. The molecule has 4 aromatic rings. The molecule has 8 nitrogen and oxygen atoms in total. The monoisotopic (exact) mass is 507 g/mol. The number of pyridine rings is 1. The van der Waals surface area contributed by atoms with Crippen LogP contribution in [0, 0.1) is 0 Å². The molecule has 0 saturated heterocycles. The molecule has 3 heterocycles. The molecule has 190 valence electrons. The molecule has 2 N–H and O–H groups in total. The van der Waals surface area contributed by atoms with Gasteiger partial charge >= 0.3 is 0 Å². The molecule has 0 aliphatic heterocycles. The Hall–Kier alpha value is -3.01. The van der Waals surface area contributed by atoms with Gasteiger partial charge in [-0.05, 0) is 68.3 Å². The van der Waals surface area contributed by atoms with E-state index in [0.717, 1.165) is 67.3 Å². The summed E-state index contributed by atoms with van der Waals surface area (Å²) >= 11 is 0. The Kier molecular flexibility index (Phi) is 7.22. The lowest BCUT2D eigenvalue weighted by Crippen LogP contribution is -2.40. The highest BCUT2D eigenvalue weighted by Crippen LogP contribution is 2.38. The molecule has 36 heavy (non-hydrogen) atoms. The number of aromatic amines is 1. The zero-order chi connectivity index (χ0) is 25.1. The molecule has 1 aromatic carbocycles. The smallest absolute Gasteiger partial charge is 0.269 e. The maximum atomic E-state index is 13.5. The summed E-state index contributed by atoms with van der Waals surface area (Å²) in [5, 5.41) is 17.2. The molecule has 0 spiro atoms. The number of aliphatic hydroxyl groups is 1. The molecule has 0 bridgehead atoms. The van der Waals surface area contributed by atoms with E-state index in [2.05, 4.69) is 28.1 Å². The van der Waals surface area contributed by atoms with Crippen LogP contribution in [0.2, 0.25) is 0 Å². The van der Waals surface area contributed by atoms with Gasteiger partial charge in [0.05, 0.1) is 17.7 Å². The van der Waals surface area contributed by atoms with E-state index in [4.69, 9.17) is 4.98 Å². The number of aromatic nitrogens is 4. The molecule has 5 rings (SSSR count). The van der Waals surface area contributed by atoms with Crippen LogP contribution in [-0.4, -0.2) is 63.3 Å². The van der Waals surface area contributed by atoms with Crippen LogP contribution < -0.4 is 0 Å². The van der Waals surface area contributed by atoms with Crippen LogP contribution >= 0.6 is 0 Å². The summed E-state index contributed by atoms with van der Waals surface area (Å²) in [5.74, 6) is 0.377. The van der Waals surface area contributed by atoms with Crippen molar-refractivity contribution in [1.82, 2.24) is 24.1 Å². The summed E-state index contributed by atoms with van der Waals surface area (Å²) in [6.45, 7) is 4.12. The quantitative estimate of drug-likeness (QED) is 0.348. The first kappa shape index (κ1) is 24.7. The van der Waals surface area contributed by atoms with E-state index in [1.54, 1.807) is 48.9 Å². The van der Waals surface area contributed by atoms with Crippen molar-refractivity contribution >= 4 is 21.1 Å². The lowest BCUT2D eigenvalue weighted by atomic mass is 9.81. The minimum absolute atomic E-state index is 0.195. The van der Waals surface area contributed by atoms with Crippen molar-refractivity contribution in [2.24, 2.45) is 0 Å². The van der Waals surface area contributed by atoms with Crippen LogP contribution in [0.4, 0.5) is 0 Å². The molecule has 9 heteroatoms. The Balaban J connectivity index is 1.49. The lowest BCUT2D eigenvalue weighted by Gasteiger charge is -2.36. The number of rotatable bonds is 9. The Morgan fingerprint density at radius 1 is 1.11 bits per heavy atom. The third kappa shape index (κ3) is 4.70. The molecular formula is C27H33N5O3S. The average molecular weight is 508 g/mol. The fourth-order valence-electron chi connectivity index (χ4n) is 5.50. The van der Waals surface area contributed by atoms with Gasteiger partial charge in [-0.2, -0.15) is 5.10 Å². The number of nitrogens with one attached hydrogen (secondary N) is 1. The number of benzene rings is 1. The zero-order valence-corrected chi connectivity index (χ0v) is 21.4. The van der Waals surface area contributed by atoms with E-state index in [1.807, 2.05) is 6.20 Å². The van der Waals surface area contributed by atoms with Crippen LogP contribution in [0.25, 0.3) is 22.2 Å². The Morgan fingerprint density at radius 2 is 1.89 bits per heavy atom. The number of hydrogen-bond donors (Lipinski definition) is 2. The molecule has 1 aliphatic carbocycles. The van der Waals surface area contributed by atoms with E-state index >= 15 is 0 Å². The van der Waals surface area contributed by atoms with Gasteiger partial charge in [0.15, 0.2) is 5.65 Å². The van der Waals surface area contributed by atoms with Crippen LogP contribution in [0.3, 0.4) is 0 Å². The second-order valence-electron chi connectivity index (χ2n) is 9.55. The molecule has 1 aliphatic rings. The first-order valence-electron chi connectivity index (χ1n) is 12.7. The third-order valence-electron chi connectivity index (χ3n) is 7.32. The summed E-state index contributed by atoms with van der Waals surface area (Å²) in [6.07, 6.45) is 12.3.